The molecule has 1 aliphatic rings. The fourth-order valence-electron chi connectivity index (χ4n) is 3.46. The lowest BCUT2D eigenvalue weighted by Gasteiger charge is -2.44. The van der Waals surface area contributed by atoms with Crippen LogP contribution in [0.25, 0.3) is 0 Å². The number of esters is 1. The second-order valence-corrected chi connectivity index (χ2v) is 6.38. The lowest BCUT2D eigenvalue weighted by Crippen LogP contribution is -2.42. The largest absolute Gasteiger partial charge is 0.466 e. The normalized spacial score (nSPS) is 32.2. The van der Waals surface area contributed by atoms with Gasteiger partial charge in [-0.05, 0) is 43.9 Å². The Morgan fingerprint density at radius 3 is 2.59 bits per heavy atom. The van der Waals surface area contributed by atoms with Crippen LogP contribution in [0.1, 0.15) is 59.8 Å². The second-order valence-electron chi connectivity index (χ2n) is 6.38. The van der Waals surface area contributed by atoms with Crippen LogP contribution in [0, 0.1) is 11.3 Å². The van der Waals surface area contributed by atoms with Gasteiger partial charge < -0.3 is 9.84 Å². The molecule has 0 saturated heterocycles. The third kappa shape index (κ3) is 4.66. The Labute approximate surface area is 105 Å². The summed E-state index contributed by atoms with van der Waals surface area (Å²) in [6.07, 6.45) is 3.58. The lowest BCUT2D eigenvalue weighted by molar-refractivity contribution is -0.146. The van der Waals surface area contributed by atoms with E-state index >= 15 is 0 Å². The van der Waals surface area contributed by atoms with Gasteiger partial charge in [-0.1, -0.05) is 20.8 Å². The van der Waals surface area contributed by atoms with E-state index in [0.717, 1.165) is 19.3 Å². The molecule has 3 heteroatoms. The molecule has 0 bridgehead atoms. The molecule has 0 aliphatic heterocycles. The minimum Gasteiger partial charge on any atom is -0.466 e. The van der Waals surface area contributed by atoms with Gasteiger partial charge in [-0.2, -0.15) is 0 Å². The summed E-state index contributed by atoms with van der Waals surface area (Å²) in [6, 6.07) is 0. The summed E-state index contributed by atoms with van der Waals surface area (Å²) in [5.41, 5.74) is -0.519. The van der Waals surface area contributed by atoms with Gasteiger partial charge in [-0.25, -0.2) is 0 Å². The Morgan fingerprint density at radius 1 is 1.41 bits per heavy atom. The first kappa shape index (κ1) is 14.5. The molecule has 0 aromatic heterocycles. The topological polar surface area (TPSA) is 46.5 Å². The molecule has 1 fully saturated rings. The van der Waals surface area contributed by atoms with Gasteiger partial charge in [-0.3, -0.25) is 4.79 Å². The van der Waals surface area contributed by atoms with Crippen LogP contribution in [0.2, 0.25) is 0 Å². The third-order valence-corrected chi connectivity index (χ3v) is 3.54. The molecule has 1 saturated carbocycles. The second kappa shape index (κ2) is 5.38. The zero-order valence-electron chi connectivity index (χ0n) is 11.6. The number of carbonyl (C=O) groups excluding carboxylic acids is 1. The predicted octanol–water partition coefficient (Wildman–Crippen LogP) is 2.91. The van der Waals surface area contributed by atoms with E-state index in [9.17, 15) is 9.90 Å². The number of hydrogen-bond donors (Lipinski definition) is 1. The third-order valence-electron chi connectivity index (χ3n) is 3.54. The van der Waals surface area contributed by atoms with E-state index in [0.29, 0.717) is 25.4 Å². The van der Waals surface area contributed by atoms with E-state index in [1.54, 1.807) is 6.92 Å². The van der Waals surface area contributed by atoms with Crippen molar-refractivity contribution in [2.24, 2.45) is 11.3 Å². The molecular formula is C14H26O3. The molecular weight excluding hydrogens is 216 g/mol. The predicted molar refractivity (Wildman–Crippen MR) is 67.6 cm³/mol. The summed E-state index contributed by atoms with van der Waals surface area (Å²) < 4.78 is 4.91. The molecule has 0 aromatic rings. The molecule has 1 N–H and O–H groups in total. The van der Waals surface area contributed by atoms with E-state index < -0.39 is 5.60 Å². The standard InChI is InChI=1S/C14H26O3/c1-5-17-12(15)6-7-14(16)9-11(2)8-13(3,4)10-14/h11,16H,5-10H2,1-4H3. The minimum absolute atomic E-state index is 0.168. The van der Waals surface area contributed by atoms with Crippen molar-refractivity contribution in [3.8, 4) is 0 Å². The average Bonchev–Trinajstić information content (AvgIpc) is 2.11. The molecule has 0 heterocycles. The van der Waals surface area contributed by atoms with E-state index in [2.05, 4.69) is 20.8 Å². The maximum atomic E-state index is 11.3. The first-order chi connectivity index (χ1) is 7.76. The zero-order valence-corrected chi connectivity index (χ0v) is 11.6. The molecule has 1 aliphatic carbocycles. The van der Waals surface area contributed by atoms with Crippen LogP contribution in [-0.2, 0) is 9.53 Å². The van der Waals surface area contributed by atoms with E-state index in [4.69, 9.17) is 4.74 Å². The highest BCUT2D eigenvalue weighted by molar-refractivity contribution is 5.69. The smallest absolute Gasteiger partial charge is 0.305 e. The molecule has 0 aromatic carbocycles. The number of carbonyl (C=O) groups is 1. The van der Waals surface area contributed by atoms with Crippen molar-refractivity contribution in [1.29, 1.82) is 0 Å². The highest BCUT2D eigenvalue weighted by Gasteiger charge is 2.41. The van der Waals surface area contributed by atoms with Gasteiger partial charge in [0.25, 0.3) is 0 Å². The van der Waals surface area contributed by atoms with Crippen LogP contribution in [0.3, 0.4) is 0 Å². The summed E-state index contributed by atoms with van der Waals surface area (Å²) >= 11 is 0. The monoisotopic (exact) mass is 242 g/mol. The zero-order chi connectivity index (χ0) is 13.1. The van der Waals surface area contributed by atoms with Gasteiger partial charge >= 0.3 is 5.97 Å². The summed E-state index contributed by atoms with van der Waals surface area (Å²) in [6.45, 7) is 8.78. The molecule has 2 unspecified atom stereocenters. The van der Waals surface area contributed by atoms with Crippen LogP contribution in [0.4, 0.5) is 0 Å². The fraction of sp³-hybridized carbons (Fsp3) is 0.929. The molecule has 2 atom stereocenters. The first-order valence-electron chi connectivity index (χ1n) is 6.64. The van der Waals surface area contributed by atoms with Crippen molar-refractivity contribution in [3.63, 3.8) is 0 Å². The molecule has 0 radical (unpaired) electrons. The van der Waals surface area contributed by atoms with Crippen LogP contribution in [0.15, 0.2) is 0 Å². The molecule has 100 valence electrons. The molecule has 1 rings (SSSR count). The van der Waals surface area contributed by atoms with Gasteiger partial charge in [0.1, 0.15) is 0 Å². The minimum atomic E-state index is -0.687. The van der Waals surface area contributed by atoms with Gasteiger partial charge in [0.2, 0.25) is 0 Å². The molecule has 0 amide bonds. The maximum absolute atomic E-state index is 11.3. The van der Waals surface area contributed by atoms with Crippen LogP contribution in [-0.4, -0.2) is 23.3 Å². The van der Waals surface area contributed by atoms with Crippen molar-refractivity contribution < 1.29 is 14.6 Å². The number of ether oxygens (including phenoxy) is 1. The number of rotatable bonds is 4. The maximum Gasteiger partial charge on any atom is 0.305 e. The van der Waals surface area contributed by atoms with Crippen molar-refractivity contribution in [2.75, 3.05) is 6.61 Å². The van der Waals surface area contributed by atoms with Crippen molar-refractivity contribution in [3.05, 3.63) is 0 Å². The summed E-state index contributed by atoms with van der Waals surface area (Å²) in [5, 5.41) is 10.6. The lowest BCUT2D eigenvalue weighted by atomic mass is 9.64. The Kier molecular flexibility index (Phi) is 4.59. The van der Waals surface area contributed by atoms with Crippen molar-refractivity contribution in [1.82, 2.24) is 0 Å². The van der Waals surface area contributed by atoms with Crippen molar-refractivity contribution in [2.45, 2.75) is 65.4 Å². The molecule has 0 spiro atoms. The Morgan fingerprint density at radius 2 is 2.06 bits per heavy atom. The van der Waals surface area contributed by atoms with E-state index in [-0.39, 0.29) is 11.4 Å². The Bertz CT molecular complexity index is 273. The highest BCUT2D eigenvalue weighted by atomic mass is 16.5. The van der Waals surface area contributed by atoms with Gasteiger partial charge in [0.15, 0.2) is 0 Å². The van der Waals surface area contributed by atoms with Crippen LogP contribution >= 0.6 is 0 Å². The number of aliphatic hydroxyl groups is 1. The summed E-state index contributed by atoms with van der Waals surface area (Å²) in [7, 11) is 0. The van der Waals surface area contributed by atoms with Gasteiger partial charge in [-0.15, -0.1) is 0 Å². The quantitative estimate of drug-likeness (QED) is 0.771. The molecule has 17 heavy (non-hydrogen) atoms. The Hall–Kier alpha value is -0.570. The fourth-order valence-corrected chi connectivity index (χ4v) is 3.46. The van der Waals surface area contributed by atoms with Gasteiger partial charge in [0.05, 0.1) is 12.2 Å². The van der Waals surface area contributed by atoms with Crippen molar-refractivity contribution >= 4 is 5.97 Å². The Balaban J connectivity index is 2.52. The summed E-state index contributed by atoms with van der Waals surface area (Å²) in [4.78, 5) is 11.3. The average molecular weight is 242 g/mol. The summed E-state index contributed by atoms with van der Waals surface area (Å²) in [5.74, 6) is 0.322. The van der Waals surface area contributed by atoms with Crippen LogP contribution < -0.4 is 0 Å². The SMILES string of the molecule is CCOC(=O)CCC1(O)CC(C)CC(C)(C)C1. The molecule has 3 nitrogen and oxygen atoms in total. The first-order valence-corrected chi connectivity index (χ1v) is 6.64. The van der Waals surface area contributed by atoms with Crippen LogP contribution in [0.5, 0.6) is 0 Å². The van der Waals surface area contributed by atoms with E-state index in [1.165, 1.54) is 0 Å². The highest BCUT2D eigenvalue weighted by Crippen LogP contribution is 2.45. The number of hydrogen-bond acceptors (Lipinski definition) is 3. The van der Waals surface area contributed by atoms with E-state index in [1.807, 2.05) is 0 Å². The van der Waals surface area contributed by atoms with Gasteiger partial charge in [0, 0.05) is 6.42 Å².